The quantitative estimate of drug-likeness (QED) is 0.567. The molecule has 4 rings (SSSR count). The van der Waals surface area contributed by atoms with Crippen LogP contribution in [0.15, 0.2) is 41.2 Å². The molecule has 2 heterocycles. The van der Waals surface area contributed by atoms with Gasteiger partial charge in [0.05, 0.1) is 12.6 Å². The largest absolute Gasteiger partial charge is 0.497 e. The predicted octanol–water partition coefficient (Wildman–Crippen LogP) is 4.88. The maximum absolute atomic E-state index is 13.1. The molecule has 7 heteroatoms. The average Bonchev–Trinajstić information content (AvgIpc) is 3.03. The van der Waals surface area contributed by atoms with Crippen LogP contribution in [-0.4, -0.2) is 33.2 Å². The van der Waals surface area contributed by atoms with Crippen molar-refractivity contribution in [2.75, 3.05) is 7.11 Å². The molecule has 2 atom stereocenters. The summed E-state index contributed by atoms with van der Waals surface area (Å²) in [5, 5.41) is 3.28. The Labute approximate surface area is 207 Å². The number of carbonyl (C=O) groups is 1. The van der Waals surface area contributed by atoms with Crippen molar-refractivity contribution in [3.8, 4) is 5.75 Å². The molecule has 2 aromatic heterocycles. The van der Waals surface area contributed by atoms with Gasteiger partial charge in [-0.1, -0.05) is 40.7 Å². The summed E-state index contributed by atoms with van der Waals surface area (Å²) in [6.07, 6.45) is 2.77. The molecular weight excluding hydrogens is 440 g/mol. The van der Waals surface area contributed by atoms with Crippen molar-refractivity contribution < 1.29 is 9.53 Å². The zero-order chi connectivity index (χ0) is 25.5. The van der Waals surface area contributed by atoms with Crippen LogP contribution in [0.1, 0.15) is 75.9 Å². The molecule has 1 saturated carbocycles. The number of hydrogen-bond acceptors (Lipinski definition) is 4. The lowest BCUT2D eigenvalue weighted by Crippen LogP contribution is -2.48. The van der Waals surface area contributed by atoms with E-state index in [0.29, 0.717) is 17.9 Å². The molecule has 1 aromatic carbocycles. The van der Waals surface area contributed by atoms with Crippen molar-refractivity contribution in [1.82, 2.24) is 19.4 Å². The number of fused-ring (bicyclic) bond motifs is 1. The van der Waals surface area contributed by atoms with Crippen molar-refractivity contribution in [1.29, 1.82) is 0 Å². The fourth-order valence-electron chi connectivity index (χ4n) is 5.11. The maximum atomic E-state index is 13.1. The van der Waals surface area contributed by atoms with Gasteiger partial charge in [0, 0.05) is 36.8 Å². The zero-order valence-corrected chi connectivity index (χ0v) is 22.0. The summed E-state index contributed by atoms with van der Waals surface area (Å²) in [6, 6.07) is 11.3. The Morgan fingerprint density at radius 2 is 1.97 bits per heavy atom. The van der Waals surface area contributed by atoms with Crippen LogP contribution in [0.5, 0.6) is 5.75 Å². The van der Waals surface area contributed by atoms with E-state index < -0.39 is 0 Å². The number of aromatic nitrogens is 3. The molecule has 1 amide bonds. The second kappa shape index (κ2) is 9.17. The molecule has 2 unspecified atom stereocenters. The van der Waals surface area contributed by atoms with E-state index in [2.05, 4.69) is 46.0 Å². The Kier molecular flexibility index (Phi) is 6.56. The van der Waals surface area contributed by atoms with E-state index in [0.717, 1.165) is 36.1 Å². The summed E-state index contributed by atoms with van der Waals surface area (Å²) in [6.45, 7) is 11.5. The van der Waals surface area contributed by atoms with E-state index in [1.807, 2.05) is 28.8 Å². The first-order valence-electron chi connectivity index (χ1n) is 12.4. The van der Waals surface area contributed by atoms with E-state index in [9.17, 15) is 9.59 Å². The van der Waals surface area contributed by atoms with Crippen molar-refractivity contribution in [2.24, 2.45) is 17.9 Å². The van der Waals surface area contributed by atoms with Gasteiger partial charge in [-0.05, 0) is 60.4 Å². The predicted molar refractivity (Wildman–Crippen MR) is 139 cm³/mol. The van der Waals surface area contributed by atoms with E-state index in [1.54, 1.807) is 24.8 Å². The lowest BCUT2D eigenvalue weighted by atomic mass is 9.68. The number of ether oxygens (including phenoxy) is 1. The Hall–Kier alpha value is -3.09. The summed E-state index contributed by atoms with van der Waals surface area (Å²) in [5.74, 6) is 0.789. The van der Waals surface area contributed by atoms with Gasteiger partial charge in [0.2, 0.25) is 0 Å². The van der Waals surface area contributed by atoms with Crippen LogP contribution in [-0.2, 0) is 13.6 Å². The van der Waals surface area contributed by atoms with Gasteiger partial charge in [0.15, 0.2) is 5.65 Å². The fraction of sp³-hybridized carbons (Fsp3) is 0.536. The molecule has 0 radical (unpaired) electrons. The number of methoxy groups -OCH3 is 1. The molecule has 1 aliphatic rings. The molecule has 35 heavy (non-hydrogen) atoms. The van der Waals surface area contributed by atoms with Crippen molar-refractivity contribution >= 4 is 17.1 Å². The smallest absolute Gasteiger partial charge is 0.330 e. The van der Waals surface area contributed by atoms with Gasteiger partial charge >= 0.3 is 5.69 Å². The third kappa shape index (κ3) is 5.14. The van der Waals surface area contributed by atoms with E-state index >= 15 is 0 Å². The van der Waals surface area contributed by atoms with Crippen molar-refractivity contribution in [3.05, 3.63) is 58.1 Å². The first-order valence-corrected chi connectivity index (χ1v) is 12.4. The Morgan fingerprint density at radius 1 is 1.23 bits per heavy atom. The average molecular weight is 479 g/mol. The number of nitrogens with zero attached hydrogens (tertiary/aromatic N) is 3. The minimum absolute atomic E-state index is 0.00626. The number of carbonyl (C=O) groups excluding carboxylic acids is 1. The normalized spacial score (nSPS) is 20.1. The number of aryl methyl sites for hydroxylation is 1. The fourth-order valence-corrected chi connectivity index (χ4v) is 5.11. The lowest BCUT2D eigenvalue weighted by Gasteiger charge is -2.42. The second-order valence-electron chi connectivity index (χ2n) is 11.8. The number of imidazole rings is 1. The maximum Gasteiger partial charge on any atom is 0.330 e. The van der Waals surface area contributed by atoms with Crippen LogP contribution in [0.2, 0.25) is 0 Å². The minimum Gasteiger partial charge on any atom is -0.497 e. The molecule has 1 N–H and O–H groups in total. The number of benzene rings is 1. The summed E-state index contributed by atoms with van der Waals surface area (Å²) in [5.41, 5.74) is 3.09. The molecule has 1 fully saturated rings. The van der Waals surface area contributed by atoms with Crippen molar-refractivity contribution in [2.45, 2.75) is 72.4 Å². The first kappa shape index (κ1) is 25.0. The number of amides is 1. The first-order chi connectivity index (χ1) is 16.4. The van der Waals surface area contributed by atoms with Crippen LogP contribution in [0, 0.1) is 10.8 Å². The van der Waals surface area contributed by atoms with Gasteiger partial charge in [-0.2, -0.15) is 0 Å². The topological polar surface area (TPSA) is 78.2 Å². The van der Waals surface area contributed by atoms with Crippen LogP contribution in [0.4, 0.5) is 0 Å². The van der Waals surface area contributed by atoms with Crippen molar-refractivity contribution in [3.63, 3.8) is 0 Å². The van der Waals surface area contributed by atoms with Crippen LogP contribution >= 0.6 is 0 Å². The van der Waals surface area contributed by atoms with Crippen LogP contribution in [0.3, 0.4) is 0 Å². The molecule has 0 bridgehead atoms. The summed E-state index contributed by atoms with van der Waals surface area (Å²) in [7, 11) is 3.39. The van der Waals surface area contributed by atoms with E-state index in [-0.39, 0.29) is 34.4 Å². The van der Waals surface area contributed by atoms with Gasteiger partial charge in [-0.3, -0.25) is 13.9 Å². The number of nitrogens with one attached hydrogen (secondary N) is 1. The zero-order valence-electron chi connectivity index (χ0n) is 22.0. The molecule has 0 saturated heterocycles. The molecule has 188 valence electrons. The summed E-state index contributed by atoms with van der Waals surface area (Å²) >= 11 is 0. The summed E-state index contributed by atoms with van der Waals surface area (Å²) < 4.78 is 8.76. The van der Waals surface area contributed by atoms with Gasteiger partial charge in [0.25, 0.3) is 5.91 Å². The SMILES string of the molecule is COc1cccc(C(=O)NC2CC(c3ccc4c(n3)n(C)c(=O)n4CC(C)(C)C)CCC2(C)C)c1. The number of hydrogen-bond donors (Lipinski definition) is 1. The van der Waals surface area contributed by atoms with Gasteiger partial charge < -0.3 is 10.1 Å². The third-order valence-electron chi connectivity index (χ3n) is 7.29. The molecule has 0 aliphatic heterocycles. The molecule has 1 aliphatic carbocycles. The van der Waals surface area contributed by atoms with Gasteiger partial charge in [-0.15, -0.1) is 0 Å². The highest BCUT2D eigenvalue weighted by Crippen LogP contribution is 2.42. The van der Waals surface area contributed by atoms with E-state index in [1.165, 1.54) is 0 Å². The molecule has 3 aromatic rings. The monoisotopic (exact) mass is 478 g/mol. The highest BCUT2D eigenvalue weighted by molar-refractivity contribution is 5.94. The second-order valence-corrected chi connectivity index (χ2v) is 11.8. The van der Waals surface area contributed by atoms with Gasteiger partial charge in [0.1, 0.15) is 5.75 Å². The van der Waals surface area contributed by atoms with Gasteiger partial charge in [-0.25, -0.2) is 9.78 Å². The lowest BCUT2D eigenvalue weighted by molar-refractivity contribution is 0.0836. The number of rotatable bonds is 5. The number of pyridine rings is 1. The summed E-state index contributed by atoms with van der Waals surface area (Å²) in [4.78, 5) is 30.9. The highest BCUT2D eigenvalue weighted by Gasteiger charge is 2.38. The molecule has 0 spiro atoms. The molecule has 7 nitrogen and oxygen atoms in total. The third-order valence-corrected chi connectivity index (χ3v) is 7.29. The Morgan fingerprint density at radius 3 is 2.66 bits per heavy atom. The highest BCUT2D eigenvalue weighted by atomic mass is 16.5. The van der Waals surface area contributed by atoms with Crippen LogP contribution < -0.4 is 15.7 Å². The van der Waals surface area contributed by atoms with Crippen LogP contribution in [0.25, 0.3) is 11.2 Å². The minimum atomic E-state index is -0.0901. The van der Waals surface area contributed by atoms with E-state index in [4.69, 9.17) is 9.72 Å². The standard InChI is InChI=1S/C28H38N4O3/c1-27(2,3)17-32-22-12-11-21(29-24(22)31(6)26(32)34)18-13-14-28(4,5)23(16-18)30-25(33)19-9-8-10-20(15-19)35-7/h8-12,15,18,23H,13-14,16-17H2,1-7H3,(H,30,33). The molecular formula is C28H38N4O3. The Bertz CT molecular complexity index is 1300. The Balaban J connectivity index is 1.59.